The van der Waals surface area contributed by atoms with Crippen LogP contribution in [0.25, 0.3) is 10.8 Å². The van der Waals surface area contributed by atoms with Crippen molar-refractivity contribution in [1.29, 1.82) is 0 Å². The van der Waals surface area contributed by atoms with E-state index in [1.54, 1.807) is 18.2 Å². The quantitative estimate of drug-likeness (QED) is 0.306. The minimum atomic E-state index is -4.02. The third-order valence-electron chi connectivity index (χ3n) is 5.99. The maximum Gasteiger partial charge on any atom is 0.308 e. The second-order valence-electron chi connectivity index (χ2n) is 8.45. The molecule has 0 bridgehead atoms. The van der Waals surface area contributed by atoms with Crippen LogP contribution in [0.5, 0.6) is 5.75 Å². The number of ether oxygens (including phenoxy) is 1. The summed E-state index contributed by atoms with van der Waals surface area (Å²) in [4.78, 5) is 38.4. The van der Waals surface area contributed by atoms with E-state index in [9.17, 15) is 22.8 Å². The van der Waals surface area contributed by atoms with E-state index in [0.29, 0.717) is 18.5 Å². The van der Waals surface area contributed by atoms with Gasteiger partial charge in [0.1, 0.15) is 11.8 Å². The molecule has 5 rings (SSSR count). The van der Waals surface area contributed by atoms with Gasteiger partial charge in [0, 0.05) is 13.0 Å². The summed E-state index contributed by atoms with van der Waals surface area (Å²) in [5, 5.41) is 1.69. The van der Waals surface area contributed by atoms with E-state index in [1.165, 1.54) is 35.5 Å². The first-order chi connectivity index (χ1) is 16.3. The van der Waals surface area contributed by atoms with Gasteiger partial charge in [0.15, 0.2) is 0 Å². The number of hydrogen-bond donors (Lipinski definition) is 0. The summed E-state index contributed by atoms with van der Waals surface area (Å²) in [6, 6.07) is 16.9. The van der Waals surface area contributed by atoms with Crippen LogP contribution in [-0.4, -0.2) is 42.6 Å². The Morgan fingerprint density at radius 2 is 1.65 bits per heavy atom. The number of imide groups is 1. The maximum atomic E-state index is 13.7. The molecule has 0 spiro atoms. The molecule has 9 heteroatoms. The topological polar surface area (TPSA) is 101 Å². The minimum absolute atomic E-state index is 0.0996. The van der Waals surface area contributed by atoms with Crippen LogP contribution in [0, 0.1) is 0 Å². The van der Waals surface area contributed by atoms with Crippen molar-refractivity contribution in [1.82, 2.24) is 4.31 Å². The number of benzene rings is 3. The molecule has 1 unspecified atom stereocenters. The summed E-state index contributed by atoms with van der Waals surface area (Å²) in [5.41, 5.74) is 0.298. The van der Waals surface area contributed by atoms with Crippen molar-refractivity contribution >= 4 is 44.3 Å². The highest BCUT2D eigenvalue weighted by Crippen LogP contribution is 2.38. The fourth-order valence-electron chi connectivity index (χ4n) is 4.31. The molecular formula is C25H22N2O6S. The molecular weight excluding hydrogens is 456 g/mol. The first kappa shape index (κ1) is 22.2. The smallest absolute Gasteiger partial charge is 0.308 e. The van der Waals surface area contributed by atoms with E-state index in [0.717, 1.165) is 15.7 Å². The summed E-state index contributed by atoms with van der Waals surface area (Å²) in [7, 11) is -4.02. The molecule has 1 saturated carbocycles. The predicted molar refractivity (Wildman–Crippen MR) is 125 cm³/mol. The Labute approximate surface area is 196 Å². The Morgan fingerprint density at radius 3 is 2.29 bits per heavy atom. The van der Waals surface area contributed by atoms with E-state index in [4.69, 9.17) is 4.74 Å². The summed E-state index contributed by atoms with van der Waals surface area (Å²) in [6.07, 6.45) is 1.05. The molecule has 0 aromatic heterocycles. The highest BCUT2D eigenvalue weighted by molar-refractivity contribution is 7.89. The van der Waals surface area contributed by atoms with Crippen molar-refractivity contribution in [3.63, 3.8) is 0 Å². The van der Waals surface area contributed by atoms with Crippen molar-refractivity contribution in [2.45, 2.75) is 43.2 Å². The molecule has 34 heavy (non-hydrogen) atoms. The average Bonchev–Trinajstić information content (AvgIpc) is 3.59. The molecule has 0 N–H and O–H groups in total. The molecule has 1 heterocycles. The summed E-state index contributed by atoms with van der Waals surface area (Å²) in [5.74, 6) is -1.26. The van der Waals surface area contributed by atoms with Gasteiger partial charge in [0.2, 0.25) is 15.9 Å². The van der Waals surface area contributed by atoms with Crippen LogP contribution in [0.3, 0.4) is 0 Å². The van der Waals surface area contributed by atoms with E-state index in [2.05, 4.69) is 0 Å². The van der Waals surface area contributed by atoms with E-state index in [-0.39, 0.29) is 23.1 Å². The number of esters is 1. The average molecular weight is 479 g/mol. The molecule has 1 saturated heterocycles. The molecule has 1 aliphatic heterocycles. The molecule has 8 nitrogen and oxygen atoms in total. The SMILES string of the molecule is CC(=O)Oc1ccc(N2C(=O)CC(N(C3CC3)S(=O)(=O)c3ccc4ccccc4c3)C2=O)cc1. The van der Waals surface area contributed by atoms with Crippen LogP contribution < -0.4 is 9.64 Å². The number of carbonyl (C=O) groups excluding carboxylic acids is 3. The van der Waals surface area contributed by atoms with Gasteiger partial charge in [-0.1, -0.05) is 30.3 Å². The van der Waals surface area contributed by atoms with Crippen molar-refractivity contribution in [2.75, 3.05) is 4.90 Å². The zero-order valence-corrected chi connectivity index (χ0v) is 19.2. The van der Waals surface area contributed by atoms with Crippen LogP contribution in [-0.2, 0) is 24.4 Å². The Bertz CT molecular complexity index is 1410. The van der Waals surface area contributed by atoms with E-state index < -0.39 is 33.8 Å². The molecule has 0 radical (unpaired) electrons. The van der Waals surface area contributed by atoms with Crippen molar-refractivity contribution < 1.29 is 27.5 Å². The van der Waals surface area contributed by atoms with Crippen molar-refractivity contribution in [3.05, 3.63) is 66.7 Å². The molecule has 1 aliphatic carbocycles. The molecule has 1 atom stereocenters. The van der Waals surface area contributed by atoms with Crippen LogP contribution >= 0.6 is 0 Å². The third-order valence-corrected chi connectivity index (χ3v) is 7.95. The summed E-state index contributed by atoms with van der Waals surface area (Å²) < 4.78 is 33.6. The van der Waals surface area contributed by atoms with Crippen LogP contribution in [0.2, 0.25) is 0 Å². The third kappa shape index (κ3) is 3.97. The number of sulfonamides is 1. The number of fused-ring (bicyclic) bond motifs is 1. The van der Waals surface area contributed by atoms with Gasteiger partial charge in [0.25, 0.3) is 5.91 Å². The molecule has 3 aromatic rings. The lowest BCUT2D eigenvalue weighted by Crippen LogP contribution is -2.46. The van der Waals surface area contributed by atoms with E-state index >= 15 is 0 Å². The highest BCUT2D eigenvalue weighted by Gasteiger charge is 2.51. The molecule has 174 valence electrons. The van der Waals surface area contributed by atoms with Gasteiger partial charge >= 0.3 is 5.97 Å². The zero-order valence-electron chi connectivity index (χ0n) is 18.4. The zero-order chi connectivity index (χ0) is 24.0. The Kier molecular flexibility index (Phi) is 5.45. The van der Waals surface area contributed by atoms with Crippen LogP contribution in [0.1, 0.15) is 26.2 Å². The van der Waals surface area contributed by atoms with Gasteiger partial charge in [-0.2, -0.15) is 4.31 Å². The fraction of sp³-hybridized carbons (Fsp3) is 0.240. The number of hydrogen-bond acceptors (Lipinski definition) is 6. The number of amides is 2. The van der Waals surface area contributed by atoms with Gasteiger partial charge in [-0.3, -0.25) is 14.4 Å². The Morgan fingerprint density at radius 1 is 0.971 bits per heavy atom. The fourth-order valence-corrected chi connectivity index (χ4v) is 6.17. The highest BCUT2D eigenvalue weighted by atomic mass is 32.2. The number of nitrogens with zero attached hydrogens (tertiary/aromatic N) is 2. The number of rotatable bonds is 6. The summed E-state index contributed by atoms with van der Waals surface area (Å²) in [6.45, 7) is 1.27. The monoisotopic (exact) mass is 478 g/mol. The standard InChI is InChI=1S/C25H22N2O6S/c1-16(28)33-21-11-9-19(10-12-21)26-24(29)15-23(25(26)30)27(20-7-8-20)34(31,32)22-13-6-17-4-2-3-5-18(17)14-22/h2-6,9-14,20,23H,7-8,15H2,1H3. The first-order valence-electron chi connectivity index (χ1n) is 10.9. The maximum absolute atomic E-state index is 13.7. The number of carbonyl (C=O) groups is 3. The van der Waals surface area contributed by atoms with E-state index in [1.807, 2.05) is 24.3 Å². The normalized spacial score (nSPS) is 18.6. The van der Waals surface area contributed by atoms with Gasteiger partial charge in [-0.05, 0) is 60.0 Å². The lowest BCUT2D eigenvalue weighted by molar-refractivity contribution is -0.132. The first-order valence-corrected chi connectivity index (χ1v) is 12.4. The second-order valence-corrected chi connectivity index (χ2v) is 10.3. The van der Waals surface area contributed by atoms with Gasteiger partial charge < -0.3 is 4.74 Å². The van der Waals surface area contributed by atoms with Gasteiger partial charge in [-0.15, -0.1) is 0 Å². The Hall–Kier alpha value is -3.56. The largest absolute Gasteiger partial charge is 0.427 e. The summed E-state index contributed by atoms with van der Waals surface area (Å²) >= 11 is 0. The molecule has 2 aliphatic rings. The molecule has 2 fully saturated rings. The molecule has 3 aromatic carbocycles. The molecule has 2 amide bonds. The van der Waals surface area contributed by atoms with Crippen LogP contribution in [0.4, 0.5) is 5.69 Å². The second kappa shape index (κ2) is 8.34. The van der Waals surface area contributed by atoms with Crippen molar-refractivity contribution in [3.8, 4) is 5.75 Å². The lowest BCUT2D eigenvalue weighted by Gasteiger charge is -2.27. The van der Waals surface area contributed by atoms with Gasteiger partial charge in [0.05, 0.1) is 17.0 Å². The minimum Gasteiger partial charge on any atom is -0.427 e. The van der Waals surface area contributed by atoms with Crippen molar-refractivity contribution in [2.24, 2.45) is 0 Å². The Balaban J connectivity index is 1.46. The number of anilines is 1. The lowest BCUT2D eigenvalue weighted by atomic mass is 10.1. The van der Waals surface area contributed by atoms with Gasteiger partial charge in [-0.25, -0.2) is 13.3 Å². The van der Waals surface area contributed by atoms with Crippen LogP contribution in [0.15, 0.2) is 71.6 Å². The predicted octanol–water partition coefficient (Wildman–Crippen LogP) is 3.25.